The molecule has 2 aromatic rings. The third-order valence-electron chi connectivity index (χ3n) is 4.51. The largest absolute Gasteiger partial charge is 0.491 e. The van der Waals surface area contributed by atoms with Gasteiger partial charge in [-0.1, -0.05) is 24.8 Å². The summed E-state index contributed by atoms with van der Waals surface area (Å²) in [5, 5.41) is 10.3. The Morgan fingerprint density at radius 2 is 1.66 bits per heavy atom. The molecule has 0 aliphatic heterocycles. The molecule has 0 bridgehead atoms. The van der Waals surface area contributed by atoms with Gasteiger partial charge in [-0.25, -0.2) is 0 Å². The SMILES string of the molecule is C=CCOc1ccc(C[NH+](C)C[C@@H](O)COc2ccc(CCC(C)=O)cc2)cc1. The molecule has 0 saturated heterocycles. The maximum Gasteiger partial charge on any atom is 0.137 e. The first-order valence-corrected chi connectivity index (χ1v) is 9.99. The molecule has 0 heterocycles. The van der Waals surface area contributed by atoms with Crippen molar-refractivity contribution < 1.29 is 24.3 Å². The van der Waals surface area contributed by atoms with Gasteiger partial charge in [0.1, 0.15) is 49.7 Å². The number of carbonyl (C=O) groups is 1. The van der Waals surface area contributed by atoms with Crippen molar-refractivity contribution in [2.45, 2.75) is 32.4 Å². The zero-order chi connectivity index (χ0) is 21.1. The van der Waals surface area contributed by atoms with Crippen LogP contribution in [0.15, 0.2) is 61.2 Å². The van der Waals surface area contributed by atoms with E-state index in [0.29, 0.717) is 19.6 Å². The lowest BCUT2D eigenvalue weighted by molar-refractivity contribution is -0.897. The van der Waals surface area contributed by atoms with E-state index in [1.807, 2.05) is 48.5 Å². The number of nitrogens with one attached hydrogen (secondary N) is 1. The van der Waals surface area contributed by atoms with Gasteiger partial charge in [-0.3, -0.25) is 0 Å². The van der Waals surface area contributed by atoms with Gasteiger partial charge in [-0.05, 0) is 55.3 Å². The van der Waals surface area contributed by atoms with Crippen LogP contribution in [0.5, 0.6) is 11.5 Å². The molecule has 0 spiro atoms. The van der Waals surface area contributed by atoms with Crippen molar-refractivity contribution in [2.75, 3.05) is 26.8 Å². The van der Waals surface area contributed by atoms with Crippen LogP contribution >= 0.6 is 0 Å². The molecular weight excluding hydrogens is 366 g/mol. The summed E-state index contributed by atoms with van der Waals surface area (Å²) in [7, 11) is 2.05. The summed E-state index contributed by atoms with van der Waals surface area (Å²) < 4.78 is 11.2. The Hall–Kier alpha value is -2.63. The van der Waals surface area contributed by atoms with E-state index in [1.54, 1.807) is 13.0 Å². The molecule has 2 rings (SSSR count). The number of aliphatic hydroxyl groups excluding tert-OH is 1. The number of hydrogen-bond donors (Lipinski definition) is 2. The second-order valence-corrected chi connectivity index (χ2v) is 7.39. The maximum absolute atomic E-state index is 11.1. The Kier molecular flexibility index (Phi) is 9.41. The van der Waals surface area contributed by atoms with E-state index >= 15 is 0 Å². The smallest absolute Gasteiger partial charge is 0.137 e. The molecule has 0 aromatic heterocycles. The molecule has 2 atom stereocenters. The molecule has 2 N–H and O–H groups in total. The molecule has 0 amide bonds. The van der Waals surface area contributed by atoms with Gasteiger partial charge < -0.3 is 24.3 Å². The van der Waals surface area contributed by atoms with E-state index in [1.165, 1.54) is 10.5 Å². The van der Waals surface area contributed by atoms with Crippen LogP contribution < -0.4 is 14.4 Å². The highest BCUT2D eigenvalue weighted by Gasteiger charge is 2.13. The molecule has 5 heteroatoms. The zero-order valence-corrected chi connectivity index (χ0v) is 17.4. The maximum atomic E-state index is 11.1. The van der Waals surface area contributed by atoms with Crippen LogP contribution in [0.25, 0.3) is 0 Å². The molecule has 0 aliphatic carbocycles. The van der Waals surface area contributed by atoms with Crippen LogP contribution in [0.2, 0.25) is 0 Å². The van der Waals surface area contributed by atoms with Crippen molar-refractivity contribution in [3.05, 3.63) is 72.3 Å². The Labute approximate surface area is 173 Å². The predicted molar refractivity (Wildman–Crippen MR) is 115 cm³/mol. The van der Waals surface area contributed by atoms with Crippen LogP contribution in [0.1, 0.15) is 24.5 Å². The second kappa shape index (κ2) is 12.0. The van der Waals surface area contributed by atoms with E-state index in [2.05, 4.69) is 13.6 Å². The van der Waals surface area contributed by atoms with Crippen molar-refractivity contribution in [1.82, 2.24) is 0 Å². The van der Waals surface area contributed by atoms with E-state index in [4.69, 9.17) is 9.47 Å². The molecule has 0 saturated carbocycles. The Bertz CT molecular complexity index is 755. The lowest BCUT2D eigenvalue weighted by atomic mass is 10.1. The second-order valence-electron chi connectivity index (χ2n) is 7.39. The van der Waals surface area contributed by atoms with Gasteiger partial charge in [0.15, 0.2) is 0 Å². The van der Waals surface area contributed by atoms with Crippen molar-refractivity contribution in [3.63, 3.8) is 0 Å². The summed E-state index contributed by atoms with van der Waals surface area (Å²) in [6.45, 7) is 7.39. The van der Waals surface area contributed by atoms with Gasteiger partial charge in [-0.2, -0.15) is 0 Å². The molecular formula is C24H32NO4+. The number of aryl methyl sites for hydroxylation is 1. The lowest BCUT2D eigenvalue weighted by Gasteiger charge is -2.18. The van der Waals surface area contributed by atoms with E-state index < -0.39 is 6.10 Å². The topological polar surface area (TPSA) is 60.2 Å². The molecule has 2 aromatic carbocycles. The minimum absolute atomic E-state index is 0.192. The molecule has 0 radical (unpaired) electrons. The Morgan fingerprint density at radius 3 is 2.24 bits per heavy atom. The van der Waals surface area contributed by atoms with Crippen LogP contribution in [-0.2, 0) is 17.8 Å². The third-order valence-corrected chi connectivity index (χ3v) is 4.51. The number of likely N-dealkylation sites (N-methyl/N-ethyl adjacent to an activating group) is 1. The van der Waals surface area contributed by atoms with E-state index in [0.717, 1.165) is 30.0 Å². The fourth-order valence-electron chi connectivity index (χ4n) is 3.01. The van der Waals surface area contributed by atoms with Crippen molar-refractivity contribution >= 4 is 5.78 Å². The van der Waals surface area contributed by atoms with Crippen molar-refractivity contribution in [3.8, 4) is 11.5 Å². The summed E-state index contributed by atoms with van der Waals surface area (Å²) in [6, 6.07) is 15.7. The Morgan fingerprint density at radius 1 is 1.07 bits per heavy atom. The number of aliphatic hydroxyl groups is 1. The van der Waals surface area contributed by atoms with Crippen molar-refractivity contribution in [2.24, 2.45) is 0 Å². The number of carbonyl (C=O) groups excluding carboxylic acids is 1. The molecule has 0 aliphatic rings. The van der Waals surface area contributed by atoms with Crippen LogP contribution in [-0.4, -0.2) is 43.8 Å². The number of Topliss-reactive ketones (excluding diaryl/α,β-unsaturated/α-hetero) is 1. The number of rotatable bonds is 13. The molecule has 29 heavy (non-hydrogen) atoms. The third kappa shape index (κ3) is 8.94. The first kappa shape index (κ1) is 22.7. The number of quaternary nitrogens is 1. The standard InChI is InChI=1S/C24H31NO4/c1-4-15-28-23-13-9-21(10-14-23)16-25(3)17-22(27)18-29-24-11-7-20(8-12-24)6-5-19(2)26/h4,7-14,22,27H,1,5-6,15-18H2,2-3H3/p+1/t22-/m1/s1. The fraction of sp³-hybridized carbons (Fsp3) is 0.375. The summed E-state index contributed by atoms with van der Waals surface area (Å²) in [5.41, 5.74) is 2.29. The van der Waals surface area contributed by atoms with Gasteiger partial charge in [0.2, 0.25) is 0 Å². The average Bonchev–Trinajstić information content (AvgIpc) is 2.71. The monoisotopic (exact) mass is 398 g/mol. The zero-order valence-electron chi connectivity index (χ0n) is 17.4. The first-order valence-electron chi connectivity index (χ1n) is 9.99. The van der Waals surface area contributed by atoms with Gasteiger partial charge >= 0.3 is 0 Å². The number of hydrogen-bond acceptors (Lipinski definition) is 4. The summed E-state index contributed by atoms with van der Waals surface area (Å²) >= 11 is 0. The highest BCUT2D eigenvalue weighted by molar-refractivity contribution is 5.75. The lowest BCUT2D eigenvalue weighted by Crippen LogP contribution is -3.09. The van der Waals surface area contributed by atoms with Gasteiger partial charge in [-0.15, -0.1) is 0 Å². The molecule has 156 valence electrons. The summed E-state index contributed by atoms with van der Waals surface area (Å²) in [4.78, 5) is 12.2. The van der Waals surface area contributed by atoms with E-state index in [-0.39, 0.29) is 12.4 Å². The number of ketones is 1. The van der Waals surface area contributed by atoms with Gasteiger partial charge in [0, 0.05) is 12.0 Å². The summed E-state index contributed by atoms with van der Waals surface area (Å²) in [6.07, 6.45) is 2.47. The fourth-order valence-corrected chi connectivity index (χ4v) is 3.01. The normalized spacial score (nSPS) is 12.8. The molecule has 5 nitrogen and oxygen atoms in total. The molecule has 0 fully saturated rings. The number of benzene rings is 2. The van der Waals surface area contributed by atoms with Gasteiger partial charge in [0.05, 0.1) is 7.05 Å². The van der Waals surface area contributed by atoms with Crippen molar-refractivity contribution in [1.29, 1.82) is 0 Å². The summed E-state index contributed by atoms with van der Waals surface area (Å²) in [5.74, 6) is 1.74. The van der Waals surface area contributed by atoms with E-state index in [9.17, 15) is 9.90 Å². The molecule has 1 unspecified atom stereocenters. The Balaban J connectivity index is 1.71. The average molecular weight is 399 g/mol. The quantitative estimate of drug-likeness (QED) is 0.508. The number of ether oxygens (including phenoxy) is 2. The minimum atomic E-state index is -0.553. The van der Waals surface area contributed by atoms with Crippen LogP contribution in [0, 0.1) is 0 Å². The highest BCUT2D eigenvalue weighted by atomic mass is 16.5. The minimum Gasteiger partial charge on any atom is -0.491 e. The van der Waals surface area contributed by atoms with Crippen LogP contribution in [0.4, 0.5) is 0 Å². The predicted octanol–water partition coefficient (Wildman–Crippen LogP) is 2.23. The van der Waals surface area contributed by atoms with Gasteiger partial charge in [0.25, 0.3) is 0 Å². The highest BCUT2D eigenvalue weighted by Crippen LogP contribution is 2.14. The first-order chi connectivity index (χ1) is 14.0. The van der Waals surface area contributed by atoms with Crippen LogP contribution in [0.3, 0.4) is 0 Å².